The number of anilines is 2. The van der Waals surface area contributed by atoms with Crippen LogP contribution < -0.4 is 20.4 Å². The van der Waals surface area contributed by atoms with Crippen molar-refractivity contribution in [3.8, 4) is 0 Å². The van der Waals surface area contributed by atoms with Crippen molar-refractivity contribution in [1.82, 2.24) is 20.6 Å². The average molecular weight is 437 g/mol. The number of benzene rings is 1. The van der Waals surface area contributed by atoms with Crippen LogP contribution in [0.25, 0.3) is 0 Å². The highest BCUT2D eigenvalue weighted by Crippen LogP contribution is 2.43. The van der Waals surface area contributed by atoms with Crippen molar-refractivity contribution in [1.29, 1.82) is 0 Å². The molecule has 3 aliphatic rings. The van der Waals surface area contributed by atoms with Crippen LogP contribution in [0.2, 0.25) is 0 Å². The van der Waals surface area contributed by atoms with E-state index in [1.54, 1.807) is 6.20 Å². The molecule has 0 bridgehead atoms. The van der Waals surface area contributed by atoms with Gasteiger partial charge in [0.15, 0.2) is 0 Å². The zero-order valence-corrected chi connectivity index (χ0v) is 18.9. The Hall–Kier alpha value is -2.71. The third-order valence-corrected chi connectivity index (χ3v) is 7.47. The monoisotopic (exact) mass is 436 g/mol. The number of ether oxygens (including phenoxy) is 1. The summed E-state index contributed by atoms with van der Waals surface area (Å²) in [5.41, 5.74) is 2.70. The summed E-state index contributed by atoms with van der Waals surface area (Å²) in [6, 6.07) is 10.6. The molecule has 3 heterocycles. The van der Waals surface area contributed by atoms with Gasteiger partial charge in [-0.1, -0.05) is 30.3 Å². The zero-order valence-electron chi connectivity index (χ0n) is 18.9. The second-order valence-corrected chi connectivity index (χ2v) is 9.23. The third kappa shape index (κ3) is 3.71. The Balaban J connectivity index is 1.31. The van der Waals surface area contributed by atoms with Gasteiger partial charge in [-0.25, -0.2) is 14.8 Å². The number of hydrogen-bond donors (Lipinski definition) is 2. The molecule has 1 spiro atoms. The summed E-state index contributed by atoms with van der Waals surface area (Å²) in [4.78, 5) is 26.3. The molecular weight excluding hydrogens is 404 g/mol. The normalized spacial score (nSPS) is 28.2. The minimum Gasteiger partial charge on any atom is -0.378 e. The number of rotatable bonds is 4. The minimum atomic E-state index is -0.207. The summed E-state index contributed by atoms with van der Waals surface area (Å²) < 4.78 is 5.42. The lowest BCUT2D eigenvalue weighted by atomic mass is 9.69. The summed E-state index contributed by atoms with van der Waals surface area (Å²) in [6.07, 6.45) is 5.62. The van der Waals surface area contributed by atoms with Gasteiger partial charge >= 0.3 is 6.03 Å². The summed E-state index contributed by atoms with van der Waals surface area (Å²) in [5, 5.41) is 6.89. The van der Waals surface area contributed by atoms with Gasteiger partial charge in [0.25, 0.3) is 0 Å². The summed E-state index contributed by atoms with van der Waals surface area (Å²) in [7, 11) is 2.04. The molecule has 1 aromatic heterocycles. The van der Waals surface area contributed by atoms with Crippen molar-refractivity contribution >= 4 is 17.7 Å². The Morgan fingerprint density at radius 1 is 1.09 bits per heavy atom. The van der Waals surface area contributed by atoms with Crippen molar-refractivity contribution in [2.75, 3.05) is 49.7 Å². The highest BCUT2D eigenvalue weighted by molar-refractivity contribution is 5.95. The topological polar surface area (TPSA) is 82.6 Å². The molecule has 2 saturated heterocycles. The van der Waals surface area contributed by atoms with Gasteiger partial charge in [0, 0.05) is 18.6 Å². The van der Waals surface area contributed by atoms with Gasteiger partial charge in [-0.2, -0.15) is 0 Å². The maximum atomic E-state index is 13.0. The first-order valence-electron chi connectivity index (χ1n) is 11.5. The quantitative estimate of drug-likeness (QED) is 0.767. The van der Waals surface area contributed by atoms with Gasteiger partial charge in [-0.05, 0) is 45.2 Å². The molecule has 1 aromatic carbocycles. The molecule has 1 saturated carbocycles. The van der Waals surface area contributed by atoms with Crippen molar-refractivity contribution in [3.05, 3.63) is 47.8 Å². The molecule has 8 nitrogen and oxygen atoms in total. The first-order chi connectivity index (χ1) is 15.5. The smallest absolute Gasteiger partial charge is 0.322 e. The van der Waals surface area contributed by atoms with Crippen LogP contribution in [-0.4, -0.2) is 61.4 Å². The second kappa shape index (κ2) is 8.33. The SMILES string of the molecule is CN[C@]1(c2ccccc2)CC[C@]2(CC1)CN(c1cnc(N3CCOCC3)nc1C)C(=O)N2. The number of morpholine rings is 1. The Morgan fingerprint density at radius 3 is 2.47 bits per heavy atom. The molecule has 0 radical (unpaired) electrons. The molecule has 2 amide bonds. The Kier molecular flexibility index (Phi) is 5.51. The van der Waals surface area contributed by atoms with Crippen molar-refractivity contribution in [2.45, 2.75) is 43.7 Å². The number of aromatic nitrogens is 2. The van der Waals surface area contributed by atoms with Gasteiger partial charge in [0.1, 0.15) is 0 Å². The van der Waals surface area contributed by atoms with E-state index in [2.05, 4.69) is 50.8 Å². The molecule has 2 N–H and O–H groups in total. The van der Waals surface area contributed by atoms with Gasteiger partial charge in [-0.15, -0.1) is 0 Å². The van der Waals surface area contributed by atoms with E-state index in [1.165, 1.54) is 5.56 Å². The molecular formula is C24H32N6O2. The molecule has 0 atom stereocenters. The van der Waals surface area contributed by atoms with Crippen LogP contribution in [0, 0.1) is 6.92 Å². The Bertz CT molecular complexity index is 968. The molecule has 2 aromatic rings. The number of carbonyl (C=O) groups excluding carboxylic acids is 1. The van der Waals surface area contributed by atoms with Crippen molar-refractivity contribution in [2.24, 2.45) is 0 Å². The number of nitrogens with one attached hydrogen (secondary N) is 2. The Labute approximate surface area is 189 Å². The fourth-order valence-electron chi connectivity index (χ4n) is 5.41. The molecule has 2 aliphatic heterocycles. The number of nitrogens with zero attached hydrogens (tertiary/aromatic N) is 4. The highest BCUT2D eigenvalue weighted by atomic mass is 16.5. The lowest BCUT2D eigenvalue weighted by Crippen LogP contribution is -2.53. The summed E-state index contributed by atoms with van der Waals surface area (Å²) >= 11 is 0. The average Bonchev–Trinajstić information content (AvgIpc) is 3.16. The minimum absolute atomic E-state index is 0.0382. The van der Waals surface area contributed by atoms with E-state index in [0.29, 0.717) is 25.7 Å². The Morgan fingerprint density at radius 2 is 1.81 bits per heavy atom. The van der Waals surface area contributed by atoms with Crippen LogP contribution in [0.15, 0.2) is 36.5 Å². The number of aryl methyl sites for hydroxylation is 1. The van der Waals surface area contributed by atoms with E-state index in [1.807, 2.05) is 18.9 Å². The number of carbonyl (C=O) groups is 1. The van der Waals surface area contributed by atoms with Crippen LogP contribution in [-0.2, 0) is 10.3 Å². The van der Waals surface area contributed by atoms with E-state index in [4.69, 9.17) is 9.72 Å². The highest BCUT2D eigenvalue weighted by Gasteiger charge is 2.49. The van der Waals surface area contributed by atoms with Gasteiger partial charge < -0.3 is 20.3 Å². The fraction of sp³-hybridized carbons (Fsp3) is 0.542. The predicted molar refractivity (Wildman–Crippen MR) is 124 cm³/mol. The van der Waals surface area contributed by atoms with Crippen molar-refractivity contribution in [3.63, 3.8) is 0 Å². The second-order valence-electron chi connectivity index (χ2n) is 9.23. The van der Waals surface area contributed by atoms with E-state index in [0.717, 1.165) is 50.2 Å². The number of urea groups is 1. The maximum Gasteiger partial charge on any atom is 0.322 e. The molecule has 32 heavy (non-hydrogen) atoms. The van der Waals surface area contributed by atoms with Crippen LogP contribution in [0.1, 0.15) is 36.9 Å². The van der Waals surface area contributed by atoms with Crippen LogP contribution in [0.3, 0.4) is 0 Å². The summed E-state index contributed by atoms with van der Waals surface area (Å²) in [6.45, 7) is 5.58. The lowest BCUT2D eigenvalue weighted by Gasteiger charge is -2.45. The predicted octanol–water partition coefficient (Wildman–Crippen LogP) is 2.58. The van der Waals surface area contributed by atoms with Crippen LogP contribution >= 0.6 is 0 Å². The third-order valence-electron chi connectivity index (χ3n) is 7.47. The van der Waals surface area contributed by atoms with Gasteiger partial charge in [0.05, 0.1) is 42.9 Å². The largest absolute Gasteiger partial charge is 0.378 e. The first kappa shape index (κ1) is 21.2. The molecule has 170 valence electrons. The van der Waals surface area contributed by atoms with Crippen LogP contribution in [0.4, 0.5) is 16.4 Å². The van der Waals surface area contributed by atoms with Gasteiger partial charge in [0.2, 0.25) is 5.95 Å². The number of amides is 2. The fourth-order valence-corrected chi connectivity index (χ4v) is 5.41. The molecule has 8 heteroatoms. The van der Waals surface area contributed by atoms with Crippen LogP contribution in [0.5, 0.6) is 0 Å². The lowest BCUT2D eigenvalue weighted by molar-refractivity contribution is 0.122. The molecule has 5 rings (SSSR count). The van der Waals surface area contributed by atoms with E-state index >= 15 is 0 Å². The standard InChI is InChI=1S/C24H32N6O2/c1-18-20(16-26-21(27-18)29-12-14-32-15-13-29)30-17-23(28-22(30)31)8-10-24(25-2,11-9-23)19-6-4-3-5-7-19/h3-7,16,25H,8-15,17H2,1-2H3,(H,28,31)/t23-,24+. The van der Waals surface area contributed by atoms with E-state index in [-0.39, 0.29) is 17.1 Å². The zero-order chi connectivity index (χ0) is 22.2. The van der Waals surface area contributed by atoms with Crippen molar-refractivity contribution < 1.29 is 9.53 Å². The number of hydrogen-bond acceptors (Lipinski definition) is 6. The summed E-state index contributed by atoms with van der Waals surface area (Å²) in [5.74, 6) is 0.711. The maximum absolute atomic E-state index is 13.0. The van der Waals surface area contributed by atoms with Gasteiger partial charge in [-0.3, -0.25) is 4.90 Å². The first-order valence-corrected chi connectivity index (χ1v) is 11.5. The molecule has 0 unspecified atom stereocenters. The van der Waals surface area contributed by atoms with E-state index < -0.39 is 0 Å². The molecule has 1 aliphatic carbocycles. The van der Waals surface area contributed by atoms with E-state index in [9.17, 15) is 4.79 Å². The molecule has 3 fully saturated rings.